The summed E-state index contributed by atoms with van der Waals surface area (Å²) in [6.45, 7) is 3.64. The van der Waals surface area contributed by atoms with Gasteiger partial charge in [-0.25, -0.2) is 8.78 Å². The molecule has 3 rings (SSSR count). The zero-order chi connectivity index (χ0) is 20.3. The van der Waals surface area contributed by atoms with E-state index in [0.717, 1.165) is 43.9 Å². The van der Waals surface area contributed by atoms with Crippen LogP contribution in [0.25, 0.3) is 0 Å². The Hall–Kier alpha value is -2.19. The Morgan fingerprint density at radius 3 is 2.43 bits per heavy atom. The van der Waals surface area contributed by atoms with Crippen LogP contribution in [0.3, 0.4) is 0 Å². The highest BCUT2D eigenvalue weighted by molar-refractivity contribution is 6.06. The molecule has 154 valence electrons. The van der Waals surface area contributed by atoms with Crippen LogP contribution in [0.15, 0.2) is 29.7 Å². The van der Waals surface area contributed by atoms with Gasteiger partial charge in [0.05, 0.1) is 17.8 Å². The normalized spacial score (nSPS) is 20.8. The number of likely N-dealkylation sites (N-methyl/N-ethyl adjacent to an activating group) is 1. The summed E-state index contributed by atoms with van der Waals surface area (Å²) in [4.78, 5) is 16.5. The third-order valence-corrected chi connectivity index (χ3v) is 5.27. The molecule has 1 atom stereocenters. The van der Waals surface area contributed by atoms with E-state index in [-0.39, 0.29) is 24.1 Å². The number of carbonyl (C=O) groups is 1. The fourth-order valence-corrected chi connectivity index (χ4v) is 3.95. The molecule has 0 bridgehead atoms. The number of halogens is 2. The van der Waals surface area contributed by atoms with Crippen LogP contribution >= 0.6 is 0 Å². The molecule has 1 fully saturated rings. The predicted molar refractivity (Wildman–Crippen MR) is 103 cm³/mol. The molecule has 1 amide bonds. The summed E-state index contributed by atoms with van der Waals surface area (Å²) >= 11 is 0. The van der Waals surface area contributed by atoms with Gasteiger partial charge in [0.25, 0.3) is 5.91 Å². The molecule has 0 aromatic heterocycles. The van der Waals surface area contributed by atoms with Crippen molar-refractivity contribution in [2.75, 3.05) is 31.1 Å². The van der Waals surface area contributed by atoms with E-state index in [0.29, 0.717) is 25.3 Å². The number of benzene rings is 1. The molecule has 0 spiro atoms. The lowest BCUT2D eigenvalue weighted by molar-refractivity contribution is -0.120. The van der Waals surface area contributed by atoms with Gasteiger partial charge in [-0.15, -0.1) is 0 Å². The van der Waals surface area contributed by atoms with Crippen LogP contribution in [0.2, 0.25) is 0 Å². The van der Waals surface area contributed by atoms with Gasteiger partial charge in [-0.3, -0.25) is 4.79 Å². The third kappa shape index (κ3) is 4.28. The Labute approximate surface area is 164 Å². The number of carbonyl (C=O) groups excluding carboxylic acids is 1. The number of ether oxygens (including phenoxy) is 1. The number of nitrogens with zero attached hydrogens (tertiary/aromatic N) is 2. The van der Waals surface area contributed by atoms with Crippen LogP contribution < -0.4 is 16.4 Å². The number of amides is 1. The van der Waals surface area contributed by atoms with Gasteiger partial charge in [0.2, 0.25) is 5.76 Å². The van der Waals surface area contributed by atoms with Crippen molar-refractivity contribution in [2.45, 2.75) is 44.8 Å². The molecule has 0 radical (unpaired) electrons. The van der Waals surface area contributed by atoms with Crippen molar-refractivity contribution < 1.29 is 18.3 Å². The monoisotopic (exact) mass is 394 g/mol. The van der Waals surface area contributed by atoms with Crippen LogP contribution in [0.5, 0.6) is 0 Å². The fraction of sp³-hybridized carbons (Fsp3) is 0.550. The van der Waals surface area contributed by atoms with E-state index in [1.165, 1.54) is 4.90 Å². The van der Waals surface area contributed by atoms with Crippen molar-refractivity contribution in [3.8, 4) is 0 Å². The first kappa shape index (κ1) is 20.5. The maximum atomic E-state index is 13.7. The summed E-state index contributed by atoms with van der Waals surface area (Å²) in [5.41, 5.74) is 12.9. The van der Waals surface area contributed by atoms with Crippen molar-refractivity contribution in [3.63, 3.8) is 0 Å². The second-order valence-corrected chi connectivity index (χ2v) is 7.26. The van der Waals surface area contributed by atoms with Gasteiger partial charge in [0.1, 0.15) is 11.6 Å². The van der Waals surface area contributed by atoms with E-state index in [9.17, 15) is 13.6 Å². The first-order valence-electron chi connectivity index (χ1n) is 9.84. The molecule has 1 aliphatic carbocycles. The van der Waals surface area contributed by atoms with Crippen LogP contribution in [0.4, 0.5) is 14.5 Å². The second-order valence-electron chi connectivity index (χ2n) is 7.26. The maximum absolute atomic E-state index is 13.7. The lowest BCUT2D eigenvalue weighted by Crippen LogP contribution is -2.53. The van der Waals surface area contributed by atoms with Crippen LogP contribution in [0, 0.1) is 11.6 Å². The van der Waals surface area contributed by atoms with E-state index in [4.69, 9.17) is 16.2 Å². The molecule has 1 aliphatic heterocycles. The highest BCUT2D eigenvalue weighted by atomic mass is 19.1. The molecular weight excluding hydrogens is 366 g/mol. The fourth-order valence-electron chi connectivity index (χ4n) is 3.95. The largest absolute Gasteiger partial charge is 0.483 e. The molecule has 6 nitrogen and oxygen atoms in total. The molecule has 1 aromatic rings. The van der Waals surface area contributed by atoms with Gasteiger partial charge in [-0.2, -0.15) is 0 Å². The standard InChI is InChI=1S/C20H28F2N4O2/c1-2-25(8-7-23)18-17(24)12-26(15-10-13(21)9-14(22)11-15)20(27)19(18)28-16-5-3-4-6-16/h9-11,16-17H,2-8,12,23-24H2,1H3. The number of hydrogen-bond donors (Lipinski definition) is 2. The molecule has 0 saturated heterocycles. The average molecular weight is 394 g/mol. The van der Waals surface area contributed by atoms with Crippen LogP contribution in [0.1, 0.15) is 32.6 Å². The van der Waals surface area contributed by atoms with Crippen LogP contribution in [-0.2, 0) is 9.53 Å². The van der Waals surface area contributed by atoms with Gasteiger partial charge in [0, 0.05) is 37.9 Å². The van der Waals surface area contributed by atoms with E-state index in [1.54, 1.807) is 0 Å². The minimum absolute atomic E-state index is 0.0538. The highest BCUT2D eigenvalue weighted by Crippen LogP contribution is 2.32. The molecule has 1 aromatic carbocycles. The quantitative estimate of drug-likeness (QED) is 0.740. The maximum Gasteiger partial charge on any atom is 0.295 e. The molecule has 4 N–H and O–H groups in total. The van der Waals surface area contributed by atoms with Gasteiger partial charge >= 0.3 is 0 Å². The first-order chi connectivity index (χ1) is 13.4. The molecule has 28 heavy (non-hydrogen) atoms. The summed E-state index contributed by atoms with van der Waals surface area (Å²) in [6, 6.07) is 2.48. The van der Waals surface area contributed by atoms with E-state index in [1.807, 2.05) is 11.8 Å². The van der Waals surface area contributed by atoms with Crippen molar-refractivity contribution in [2.24, 2.45) is 11.5 Å². The molecule has 8 heteroatoms. The van der Waals surface area contributed by atoms with Crippen molar-refractivity contribution >= 4 is 11.6 Å². The molecule has 1 unspecified atom stereocenters. The van der Waals surface area contributed by atoms with Gasteiger partial charge in [0.15, 0.2) is 0 Å². The summed E-state index contributed by atoms with van der Waals surface area (Å²) in [5.74, 6) is -1.75. The van der Waals surface area contributed by atoms with Crippen molar-refractivity contribution in [1.82, 2.24) is 4.90 Å². The van der Waals surface area contributed by atoms with Crippen molar-refractivity contribution in [3.05, 3.63) is 41.3 Å². The minimum Gasteiger partial charge on any atom is -0.483 e. The number of rotatable bonds is 7. The Bertz CT molecular complexity index is 729. The summed E-state index contributed by atoms with van der Waals surface area (Å²) < 4.78 is 33.6. The average Bonchev–Trinajstić information content (AvgIpc) is 3.15. The number of hydrogen-bond acceptors (Lipinski definition) is 5. The minimum atomic E-state index is -0.747. The molecule has 2 aliphatic rings. The zero-order valence-electron chi connectivity index (χ0n) is 16.2. The van der Waals surface area contributed by atoms with Gasteiger partial charge in [-0.1, -0.05) is 0 Å². The van der Waals surface area contributed by atoms with Crippen molar-refractivity contribution in [1.29, 1.82) is 0 Å². The highest BCUT2D eigenvalue weighted by Gasteiger charge is 2.38. The second kappa shape index (κ2) is 8.87. The lowest BCUT2D eigenvalue weighted by Gasteiger charge is -2.39. The molecule has 1 heterocycles. The number of anilines is 1. The predicted octanol–water partition coefficient (Wildman–Crippen LogP) is 2.09. The summed E-state index contributed by atoms with van der Waals surface area (Å²) in [5, 5.41) is 0. The smallest absolute Gasteiger partial charge is 0.295 e. The Morgan fingerprint density at radius 2 is 1.86 bits per heavy atom. The lowest BCUT2D eigenvalue weighted by atomic mass is 10.0. The first-order valence-corrected chi connectivity index (χ1v) is 9.84. The topological polar surface area (TPSA) is 84.8 Å². The zero-order valence-corrected chi connectivity index (χ0v) is 16.2. The Morgan fingerprint density at radius 1 is 1.21 bits per heavy atom. The van der Waals surface area contributed by atoms with Gasteiger partial charge in [-0.05, 0) is 44.7 Å². The molecular formula is C20H28F2N4O2. The Balaban J connectivity index is 2.01. The third-order valence-electron chi connectivity index (χ3n) is 5.27. The molecule has 1 saturated carbocycles. The summed E-state index contributed by atoms with van der Waals surface area (Å²) in [7, 11) is 0. The van der Waals surface area contributed by atoms with E-state index < -0.39 is 23.6 Å². The summed E-state index contributed by atoms with van der Waals surface area (Å²) in [6.07, 6.45) is 3.79. The Kier molecular flexibility index (Phi) is 6.51. The van der Waals surface area contributed by atoms with Gasteiger partial charge < -0.3 is 26.0 Å². The van der Waals surface area contributed by atoms with E-state index >= 15 is 0 Å². The van der Waals surface area contributed by atoms with Crippen LogP contribution in [-0.4, -0.2) is 49.1 Å². The SMILES string of the molecule is CCN(CCN)C1=C(OC2CCCC2)C(=O)N(c2cc(F)cc(F)c2)CC1N. The number of nitrogens with two attached hydrogens (primary N) is 2. The van der Waals surface area contributed by atoms with E-state index in [2.05, 4.69) is 0 Å².